The molecule has 2 rings (SSSR count). The van der Waals surface area contributed by atoms with Crippen LogP contribution in [0.2, 0.25) is 0 Å². The standard InChI is InChI=1S/C18H18N2O4/c1-12(16(21)20-18(19)23)24-17(22)15-10-6-5-9-14(15)11-13-7-3-2-4-8-13/h2-10,12H,11H2,1H3,(H3,19,20,21,23)/t12-/m1/s1. The van der Waals surface area contributed by atoms with E-state index in [1.165, 1.54) is 6.92 Å². The molecule has 124 valence electrons. The summed E-state index contributed by atoms with van der Waals surface area (Å²) in [6, 6.07) is 15.7. The highest BCUT2D eigenvalue weighted by Gasteiger charge is 2.21. The molecule has 0 unspecified atom stereocenters. The molecule has 0 heterocycles. The smallest absolute Gasteiger partial charge is 0.339 e. The maximum atomic E-state index is 12.3. The van der Waals surface area contributed by atoms with Gasteiger partial charge in [-0.1, -0.05) is 48.5 Å². The largest absolute Gasteiger partial charge is 0.449 e. The highest BCUT2D eigenvalue weighted by molar-refractivity contribution is 5.98. The second-order valence-corrected chi connectivity index (χ2v) is 5.22. The molecule has 6 heteroatoms. The molecule has 0 aromatic heterocycles. The lowest BCUT2D eigenvalue weighted by atomic mass is 10.00. The lowest BCUT2D eigenvalue weighted by Crippen LogP contribution is -2.42. The first-order valence-corrected chi connectivity index (χ1v) is 7.40. The number of benzene rings is 2. The maximum absolute atomic E-state index is 12.3. The Morgan fingerprint density at radius 3 is 2.33 bits per heavy atom. The van der Waals surface area contributed by atoms with Crippen molar-refractivity contribution < 1.29 is 19.1 Å². The number of urea groups is 1. The Bertz CT molecular complexity index is 744. The molecule has 6 nitrogen and oxygen atoms in total. The number of hydrogen-bond acceptors (Lipinski definition) is 4. The SMILES string of the molecule is C[C@@H](OC(=O)c1ccccc1Cc1ccccc1)C(=O)NC(N)=O. The van der Waals surface area contributed by atoms with E-state index in [0.29, 0.717) is 12.0 Å². The molecule has 24 heavy (non-hydrogen) atoms. The molecule has 3 N–H and O–H groups in total. The molecule has 2 aromatic rings. The molecule has 0 aliphatic carbocycles. The van der Waals surface area contributed by atoms with Crippen LogP contribution in [0, 0.1) is 0 Å². The van der Waals surface area contributed by atoms with Crippen molar-refractivity contribution in [2.24, 2.45) is 5.73 Å². The molecule has 0 fully saturated rings. The van der Waals surface area contributed by atoms with Gasteiger partial charge in [-0.05, 0) is 30.5 Å². The monoisotopic (exact) mass is 326 g/mol. The first kappa shape index (κ1) is 17.2. The van der Waals surface area contributed by atoms with Crippen molar-refractivity contribution in [1.29, 1.82) is 0 Å². The number of rotatable bonds is 5. The van der Waals surface area contributed by atoms with Crippen LogP contribution in [0.5, 0.6) is 0 Å². The van der Waals surface area contributed by atoms with Crippen molar-refractivity contribution >= 4 is 17.9 Å². The topological polar surface area (TPSA) is 98.5 Å². The number of carbonyl (C=O) groups excluding carboxylic acids is 3. The van der Waals surface area contributed by atoms with Crippen molar-refractivity contribution in [3.63, 3.8) is 0 Å². The normalized spacial score (nSPS) is 11.4. The minimum Gasteiger partial charge on any atom is -0.449 e. The molecule has 0 radical (unpaired) electrons. The minimum atomic E-state index is -1.13. The summed E-state index contributed by atoms with van der Waals surface area (Å²) < 4.78 is 5.12. The Balaban J connectivity index is 2.12. The zero-order valence-corrected chi connectivity index (χ0v) is 13.2. The number of imide groups is 1. The Hall–Kier alpha value is -3.15. The molecule has 0 aliphatic heterocycles. The van der Waals surface area contributed by atoms with E-state index >= 15 is 0 Å². The zero-order valence-electron chi connectivity index (χ0n) is 13.2. The number of nitrogens with two attached hydrogens (primary N) is 1. The van der Waals surface area contributed by atoms with Crippen molar-refractivity contribution in [2.45, 2.75) is 19.4 Å². The fourth-order valence-corrected chi connectivity index (χ4v) is 2.19. The molecule has 0 aliphatic rings. The van der Waals surface area contributed by atoms with Gasteiger partial charge in [0.15, 0.2) is 6.10 Å². The molecule has 0 spiro atoms. The quantitative estimate of drug-likeness (QED) is 0.821. The number of ether oxygens (including phenoxy) is 1. The fourth-order valence-electron chi connectivity index (χ4n) is 2.19. The summed E-state index contributed by atoms with van der Waals surface area (Å²) >= 11 is 0. The molecule has 3 amide bonds. The van der Waals surface area contributed by atoms with Gasteiger partial charge in [0.2, 0.25) is 0 Å². The summed E-state index contributed by atoms with van der Waals surface area (Å²) in [5.41, 5.74) is 7.09. The Kier molecular flexibility index (Phi) is 5.68. The van der Waals surface area contributed by atoms with E-state index in [9.17, 15) is 14.4 Å². The molecular formula is C18H18N2O4. The van der Waals surface area contributed by atoms with Crippen molar-refractivity contribution in [3.8, 4) is 0 Å². The number of nitrogens with one attached hydrogen (secondary N) is 1. The molecule has 0 saturated carbocycles. The molecule has 0 bridgehead atoms. The van der Waals surface area contributed by atoms with E-state index in [-0.39, 0.29) is 0 Å². The highest BCUT2D eigenvalue weighted by Crippen LogP contribution is 2.16. The average Bonchev–Trinajstić information content (AvgIpc) is 2.55. The van der Waals surface area contributed by atoms with Crippen LogP contribution in [0.1, 0.15) is 28.4 Å². The zero-order chi connectivity index (χ0) is 17.5. The van der Waals surface area contributed by atoms with Gasteiger partial charge in [-0.25, -0.2) is 9.59 Å². The van der Waals surface area contributed by atoms with Gasteiger partial charge in [0.1, 0.15) is 0 Å². The van der Waals surface area contributed by atoms with E-state index in [2.05, 4.69) is 0 Å². The number of carbonyl (C=O) groups is 3. The lowest BCUT2D eigenvalue weighted by molar-refractivity contribution is -0.127. The van der Waals surface area contributed by atoms with E-state index in [0.717, 1.165) is 11.1 Å². The molecule has 1 atom stereocenters. The maximum Gasteiger partial charge on any atom is 0.339 e. The summed E-state index contributed by atoms with van der Waals surface area (Å²) in [6.07, 6.45) is -0.566. The Morgan fingerprint density at radius 2 is 1.67 bits per heavy atom. The van der Waals surface area contributed by atoms with Gasteiger partial charge >= 0.3 is 12.0 Å². The van der Waals surface area contributed by atoms with Gasteiger partial charge in [0.25, 0.3) is 5.91 Å². The molecule has 0 saturated heterocycles. The number of primary amides is 1. The van der Waals surface area contributed by atoms with Crippen LogP contribution in [0.15, 0.2) is 54.6 Å². The third-order valence-electron chi connectivity index (χ3n) is 3.37. The third kappa shape index (κ3) is 4.67. The van der Waals surface area contributed by atoms with Crippen LogP contribution in [0.4, 0.5) is 4.79 Å². The highest BCUT2D eigenvalue weighted by atomic mass is 16.5. The van der Waals surface area contributed by atoms with Crippen LogP contribution >= 0.6 is 0 Å². The van der Waals surface area contributed by atoms with E-state index in [4.69, 9.17) is 10.5 Å². The first-order chi connectivity index (χ1) is 11.5. The molecular weight excluding hydrogens is 308 g/mol. The second-order valence-electron chi connectivity index (χ2n) is 5.22. The minimum absolute atomic E-state index is 0.375. The predicted octanol–water partition coefficient (Wildman–Crippen LogP) is 2.02. The third-order valence-corrected chi connectivity index (χ3v) is 3.37. The first-order valence-electron chi connectivity index (χ1n) is 7.40. The summed E-state index contributed by atoms with van der Waals surface area (Å²) in [4.78, 5) is 34.6. The second kappa shape index (κ2) is 7.92. The van der Waals surface area contributed by atoms with E-state index in [1.54, 1.807) is 12.1 Å². The number of amides is 3. The molecule has 2 aromatic carbocycles. The van der Waals surface area contributed by atoms with Crippen molar-refractivity contribution in [3.05, 3.63) is 71.3 Å². The Morgan fingerprint density at radius 1 is 1.04 bits per heavy atom. The average molecular weight is 326 g/mol. The van der Waals surface area contributed by atoms with Crippen LogP contribution < -0.4 is 11.1 Å². The van der Waals surface area contributed by atoms with Gasteiger partial charge in [0.05, 0.1) is 5.56 Å². The van der Waals surface area contributed by atoms with Gasteiger partial charge in [0, 0.05) is 0 Å². The summed E-state index contributed by atoms with van der Waals surface area (Å²) in [5.74, 6) is -1.40. The van der Waals surface area contributed by atoms with Crippen molar-refractivity contribution in [2.75, 3.05) is 0 Å². The van der Waals surface area contributed by atoms with E-state index < -0.39 is 24.0 Å². The van der Waals surface area contributed by atoms with Crippen LogP contribution in [0.3, 0.4) is 0 Å². The van der Waals surface area contributed by atoms with Gasteiger partial charge in [-0.3, -0.25) is 10.1 Å². The van der Waals surface area contributed by atoms with Crippen LogP contribution in [0.25, 0.3) is 0 Å². The van der Waals surface area contributed by atoms with Gasteiger partial charge in [-0.2, -0.15) is 0 Å². The predicted molar refractivity (Wildman–Crippen MR) is 88.3 cm³/mol. The summed E-state index contributed by atoms with van der Waals surface area (Å²) in [7, 11) is 0. The number of esters is 1. The van der Waals surface area contributed by atoms with Crippen LogP contribution in [-0.2, 0) is 16.0 Å². The van der Waals surface area contributed by atoms with Gasteiger partial charge in [-0.15, -0.1) is 0 Å². The summed E-state index contributed by atoms with van der Waals surface area (Å²) in [5, 5.41) is 1.88. The Labute approximate surface area is 139 Å². The fraction of sp³-hybridized carbons (Fsp3) is 0.167. The van der Waals surface area contributed by atoms with Crippen molar-refractivity contribution in [1.82, 2.24) is 5.32 Å². The van der Waals surface area contributed by atoms with E-state index in [1.807, 2.05) is 47.8 Å². The number of hydrogen-bond donors (Lipinski definition) is 2. The lowest BCUT2D eigenvalue weighted by Gasteiger charge is -2.14. The van der Waals surface area contributed by atoms with Crippen LogP contribution in [-0.4, -0.2) is 24.0 Å². The van der Waals surface area contributed by atoms with Gasteiger partial charge < -0.3 is 10.5 Å². The summed E-state index contributed by atoms with van der Waals surface area (Å²) in [6.45, 7) is 1.37.